The second kappa shape index (κ2) is 6.63. The molecule has 0 saturated carbocycles. The van der Waals surface area contributed by atoms with Crippen molar-refractivity contribution in [1.82, 2.24) is 0 Å². The minimum absolute atomic E-state index is 0.559. The first-order chi connectivity index (χ1) is 8.81. The van der Waals surface area contributed by atoms with Crippen LogP contribution in [-0.4, -0.2) is 0 Å². The van der Waals surface area contributed by atoms with Crippen molar-refractivity contribution in [2.45, 2.75) is 11.8 Å². The summed E-state index contributed by atoms with van der Waals surface area (Å²) in [4.78, 5) is 0. The largest absolute Gasteiger partial charge is 0.122 e. The van der Waals surface area contributed by atoms with Gasteiger partial charge in [0.15, 0.2) is 0 Å². The maximum atomic E-state index is 5.75. The smallest absolute Gasteiger partial charge is 0.0474 e. The van der Waals surface area contributed by atoms with Crippen LogP contribution in [0.25, 0.3) is 12.2 Å². The van der Waals surface area contributed by atoms with E-state index < -0.39 is 0 Å². The molecule has 2 aromatic rings. The van der Waals surface area contributed by atoms with E-state index >= 15 is 0 Å². The SMILES string of the molecule is ClCc1ccc(/C=C/c2ccc(CCl)cc2)cc1. The topological polar surface area (TPSA) is 0 Å². The maximum Gasteiger partial charge on any atom is 0.0474 e. The van der Waals surface area contributed by atoms with Gasteiger partial charge in [0.2, 0.25) is 0 Å². The van der Waals surface area contributed by atoms with Gasteiger partial charge in [-0.1, -0.05) is 60.7 Å². The van der Waals surface area contributed by atoms with Crippen molar-refractivity contribution >= 4 is 35.4 Å². The highest BCUT2D eigenvalue weighted by Crippen LogP contribution is 2.12. The van der Waals surface area contributed by atoms with Crippen molar-refractivity contribution in [2.24, 2.45) is 0 Å². The molecule has 0 fully saturated rings. The zero-order chi connectivity index (χ0) is 12.8. The van der Waals surface area contributed by atoms with Crippen LogP contribution in [0.4, 0.5) is 0 Å². The van der Waals surface area contributed by atoms with E-state index in [9.17, 15) is 0 Å². The monoisotopic (exact) mass is 276 g/mol. The Balaban J connectivity index is 2.08. The lowest BCUT2D eigenvalue weighted by atomic mass is 10.1. The molecule has 0 heterocycles. The fourth-order valence-electron chi connectivity index (χ4n) is 1.63. The van der Waals surface area contributed by atoms with Crippen LogP contribution < -0.4 is 0 Å². The average Bonchev–Trinajstić information content (AvgIpc) is 2.46. The Labute approximate surface area is 118 Å². The number of halogens is 2. The van der Waals surface area contributed by atoms with Crippen molar-refractivity contribution in [3.8, 4) is 0 Å². The Bertz CT molecular complexity index is 460. The molecule has 92 valence electrons. The predicted molar refractivity (Wildman–Crippen MR) is 80.9 cm³/mol. The van der Waals surface area contributed by atoms with Gasteiger partial charge in [0.05, 0.1) is 0 Å². The van der Waals surface area contributed by atoms with E-state index in [4.69, 9.17) is 23.2 Å². The van der Waals surface area contributed by atoms with Gasteiger partial charge in [0.1, 0.15) is 0 Å². The highest BCUT2D eigenvalue weighted by atomic mass is 35.5. The summed E-state index contributed by atoms with van der Waals surface area (Å²) in [6, 6.07) is 16.5. The van der Waals surface area contributed by atoms with E-state index in [1.807, 2.05) is 24.3 Å². The Hall–Kier alpha value is -1.24. The Kier molecular flexibility index (Phi) is 4.86. The van der Waals surface area contributed by atoms with Crippen molar-refractivity contribution in [1.29, 1.82) is 0 Å². The molecule has 0 bridgehead atoms. The number of rotatable bonds is 4. The molecule has 0 amide bonds. The van der Waals surface area contributed by atoms with Gasteiger partial charge < -0.3 is 0 Å². The number of hydrogen-bond donors (Lipinski definition) is 0. The molecule has 2 aromatic carbocycles. The molecule has 0 aliphatic heterocycles. The molecule has 0 atom stereocenters. The van der Waals surface area contributed by atoms with Gasteiger partial charge in [-0.25, -0.2) is 0 Å². The van der Waals surface area contributed by atoms with Crippen LogP contribution in [0.5, 0.6) is 0 Å². The van der Waals surface area contributed by atoms with Crippen LogP contribution in [0.1, 0.15) is 22.3 Å². The zero-order valence-corrected chi connectivity index (χ0v) is 11.5. The van der Waals surface area contributed by atoms with Crippen molar-refractivity contribution < 1.29 is 0 Å². The van der Waals surface area contributed by atoms with Crippen LogP contribution in [0.3, 0.4) is 0 Å². The van der Waals surface area contributed by atoms with Gasteiger partial charge in [-0.2, -0.15) is 0 Å². The van der Waals surface area contributed by atoms with E-state index in [1.165, 1.54) is 11.1 Å². The molecule has 0 unspecified atom stereocenters. The van der Waals surface area contributed by atoms with Crippen molar-refractivity contribution in [3.63, 3.8) is 0 Å². The summed E-state index contributed by atoms with van der Waals surface area (Å²) in [6.45, 7) is 0. The Morgan fingerprint density at radius 2 is 0.944 bits per heavy atom. The zero-order valence-electron chi connectivity index (χ0n) is 9.94. The summed E-state index contributed by atoms with van der Waals surface area (Å²) in [5.74, 6) is 1.12. The molecule has 0 N–H and O–H groups in total. The third-order valence-electron chi connectivity index (χ3n) is 2.74. The van der Waals surface area contributed by atoms with Gasteiger partial charge in [-0.3, -0.25) is 0 Å². The lowest BCUT2D eigenvalue weighted by Gasteiger charge is -1.98. The summed E-state index contributed by atoms with van der Waals surface area (Å²) < 4.78 is 0. The molecule has 0 aliphatic rings. The molecule has 0 aromatic heterocycles. The van der Waals surface area contributed by atoms with E-state index in [1.54, 1.807) is 0 Å². The third-order valence-corrected chi connectivity index (χ3v) is 3.35. The second-order valence-corrected chi connectivity index (χ2v) is 4.62. The molecule has 2 rings (SSSR count). The van der Waals surface area contributed by atoms with Crippen LogP contribution in [0, 0.1) is 0 Å². The molecule has 2 heteroatoms. The molecule has 0 aliphatic carbocycles. The first-order valence-electron chi connectivity index (χ1n) is 5.80. The number of hydrogen-bond acceptors (Lipinski definition) is 0. The summed E-state index contributed by atoms with van der Waals surface area (Å²) in [5.41, 5.74) is 4.62. The maximum absolute atomic E-state index is 5.75. The van der Waals surface area contributed by atoms with Crippen molar-refractivity contribution in [3.05, 3.63) is 70.8 Å². The van der Waals surface area contributed by atoms with Crippen LogP contribution in [0.2, 0.25) is 0 Å². The number of benzene rings is 2. The predicted octanol–water partition coefficient (Wildman–Crippen LogP) is 5.33. The lowest BCUT2D eigenvalue weighted by molar-refractivity contribution is 1.39. The standard InChI is InChI=1S/C16H14Cl2/c17-11-15-7-3-13(4-8-15)1-2-14-5-9-16(12-18)10-6-14/h1-10H,11-12H2/b2-1+. The minimum atomic E-state index is 0.559. The Morgan fingerprint density at radius 1 is 0.611 bits per heavy atom. The quantitative estimate of drug-likeness (QED) is 0.523. The molecule has 0 nitrogen and oxygen atoms in total. The fraction of sp³-hybridized carbons (Fsp3) is 0.125. The van der Waals surface area contributed by atoms with E-state index in [2.05, 4.69) is 36.4 Å². The van der Waals surface area contributed by atoms with Crippen LogP contribution >= 0.6 is 23.2 Å². The van der Waals surface area contributed by atoms with Crippen molar-refractivity contribution in [2.75, 3.05) is 0 Å². The molecule has 0 radical (unpaired) electrons. The molecule has 18 heavy (non-hydrogen) atoms. The Morgan fingerprint density at radius 3 is 1.22 bits per heavy atom. The summed E-state index contributed by atoms with van der Waals surface area (Å²) in [5, 5.41) is 0. The average molecular weight is 277 g/mol. The molecular weight excluding hydrogens is 263 g/mol. The summed E-state index contributed by atoms with van der Waals surface area (Å²) in [7, 11) is 0. The number of alkyl halides is 2. The lowest BCUT2D eigenvalue weighted by Crippen LogP contribution is -1.79. The summed E-state index contributed by atoms with van der Waals surface area (Å²) in [6.07, 6.45) is 4.18. The van der Waals surface area contributed by atoms with E-state index in [-0.39, 0.29) is 0 Å². The normalized spacial score (nSPS) is 11.0. The summed E-state index contributed by atoms with van der Waals surface area (Å²) >= 11 is 11.5. The highest BCUT2D eigenvalue weighted by molar-refractivity contribution is 6.17. The minimum Gasteiger partial charge on any atom is -0.122 e. The molecule has 0 spiro atoms. The van der Waals surface area contributed by atoms with Gasteiger partial charge in [0, 0.05) is 11.8 Å². The van der Waals surface area contributed by atoms with Gasteiger partial charge in [0.25, 0.3) is 0 Å². The second-order valence-electron chi connectivity index (χ2n) is 4.08. The van der Waals surface area contributed by atoms with E-state index in [0.717, 1.165) is 11.1 Å². The molecule has 0 saturated heterocycles. The van der Waals surface area contributed by atoms with E-state index in [0.29, 0.717) is 11.8 Å². The van der Waals surface area contributed by atoms with Gasteiger partial charge >= 0.3 is 0 Å². The van der Waals surface area contributed by atoms with Crippen LogP contribution in [-0.2, 0) is 11.8 Å². The van der Waals surface area contributed by atoms with Gasteiger partial charge in [-0.15, -0.1) is 23.2 Å². The first-order valence-corrected chi connectivity index (χ1v) is 6.86. The highest BCUT2D eigenvalue weighted by Gasteiger charge is 1.92. The molecular formula is C16H14Cl2. The van der Waals surface area contributed by atoms with Gasteiger partial charge in [-0.05, 0) is 22.3 Å². The fourth-order valence-corrected chi connectivity index (χ4v) is 1.98. The van der Waals surface area contributed by atoms with Crippen LogP contribution in [0.15, 0.2) is 48.5 Å². The third kappa shape index (κ3) is 3.63. The first kappa shape index (κ1) is 13.2.